The molecule has 0 radical (unpaired) electrons. The highest BCUT2D eigenvalue weighted by Gasteiger charge is 2.32. The maximum Gasteiger partial charge on any atom is 0.245 e. The summed E-state index contributed by atoms with van der Waals surface area (Å²) in [5.74, 6) is 0.189. The van der Waals surface area contributed by atoms with Crippen LogP contribution in [-0.4, -0.2) is 47.5 Å². The van der Waals surface area contributed by atoms with E-state index in [-0.39, 0.29) is 11.9 Å². The summed E-state index contributed by atoms with van der Waals surface area (Å²) < 4.78 is 0. The molecule has 21 heavy (non-hydrogen) atoms. The first kappa shape index (κ1) is 16.0. The lowest BCUT2D eigenvalue weighted by Gasteiger charge is -2.32. The topological polar surface area (TPSA) is 35.6 Å². The number of hydrogen-bond donors (Lipinski definition) is 1. The third-order valence-corrected chi connectivity index (χ3v) is 4.13. The molecule has 1 amide bonds. The third kappa shape index (κ3) is 3.83. The fraction of sp³-hybridized carbons (Fsp3) is 0.588. The highest BCUT2D eigenvalue weighted by molar-refractivity contribution is 5.85. The molecule has 0 saturated carbocycles. The summed E-state index contributed by atoms with van der Waals surface area (Å²) in [5.41, 5.74) is 1.05. The molecule has 1 atom stereocenters. The van der Waals surface area contributed by atoms with Gasteiger partial charge in [0.15, 0.2) is 0 Å². The van der Waals surface area contributed by atoms with Crippen LogP contribution < -0.4 is 5.32 Å². The highest BCUT2D eigenvalue weighted by Crippen LogP contribution is 2.20. The molecule has 1 aliphatic heterocycles. The van der Waals surface area contributed by atoms with E-state index in [0.29, 0.717) is 18.8 Å². The van der Waals surface area contributed by atoms with E-state index in [2.05, 4.69) is 37.9 Å². The Morgan fingerprint density at radius 2 is 1.81 bits per heavy atom. The summed E-state index contributed by atoms with van der Waals surface area (Å²) in [5, 5.41) is 3.31. The number of rotatable bonds is 6. The van der Waals surface area contributed by atoms with Crippen LogP contribution in [0.4, 0.5) is 0 Å². The maximum absolute atomic E-state index is 12.5. The van der Waals surface area contributed by atoms with Crippen LogP contribution in [0.15, 0.2) is 30.3 Å². The first-order valence-corrected chi connectivity index (χ1v) is 7.83. The van der Waals surface area contributed by atoms with Gasteiger partial charge in [-0.25, -0.2) is 0 Å². The van der Waals surface area contributed by atoms with Crippen molar-refractivity contribution in [3.63, 3.8) is 0 Å². The van der Waals surface area contributed by atoms with Gasteiger partial charge in [-0.1, -0.05) is 30.3 Å². The third-order valence-electron chi connectivity index (χ3n) is 4.13. The molecule has 1 unspecified atom stereocenters. The first-order valence-electron chi connectivity index (χ1n) is 7.83. The van der Waals surface area contributed by atoms with Gasteiger partial charge in [-0.3, -0.25) is 15.0 Å². The van der Waals surface area contributed by atoms with Gasteiger partial charge in [0.05, 0.1) is 6.67 Å². The Labute approximate surface area is 128 Å². The predicted molar refractivity (Wildman–Crippen MR) is 85.9 cm³/mol. The minimum atomic E-state index is -0.183. The van der Waals surface area contributed by atoms with Crippen molar-refractivity contribution in [3.05, 3.63) is 35.9 Å². The molecule has 4 nitrogen and oxygen atoms in total. The van der Waals surface area contributed by atoms with Crippen molar-refractivity contribution in [2.45, 2.75) is 45.8 Å². The molecule has 1 aliphatic rings. The number of nitrogens with one attached hydrogen (secondary N) is 1. The van der Waals surface area contributed by atoms with Crippen molar-refractivity contribution in [3.8, 4) is 0 Å². The van der Waals surface area contributed by atoms with Crippen molar-refractivity contribution in [2.75, 3.05) is 19.8 Å². The number of carbonyl (C=O) groups excluding carboxylic acids is 1. The van der Waals surface area contributed by atoms with E-state index >= 15 is 0 Å². The summed E-state index contributed by atoms with van der Waals surface area (Å²) in [4.78, 5) is 16.8. The summed E-state index contributed by atoms with van der Waals surface area (Å²) >= 11 is 0. The molecule has 0 aliphatic carbocycles. The van der Waals surface area contributed by atoms with E-state index in [1.165, 1.54) is 0 Å². The molecule has 0 spiro atoms. The van der Waals surface area contributed by atoms with Crippen LogP contribution in [0, 0.1) is 0 Å². The molecule has 2 rings (SSSR count). The van der Waals surface area contributed by atoms with Crippen LogP contribution >= 0.6 is 0 Å². The second kappa shape index (κ2) is 7.05. The quantitative estimate of drug-likeness (QED) is 0.872. The SMILES string of the molecule is CC(C)N(CCN1CNC(c2ccccc2)C1=O)C(C)C. The van der Waals surface area contributed by atoms with E-state index in [9.17, 15) is 4.79 Å². The van der Waals surface area contributed by atoms with Crippen molar-refractivity contribution in [1.29, 1.82) is 0 Å². The van der Waals surface area contributed by atoms with Gasteiger partial charge in [-0.05, 0) is 33.3 Å². The van der Waals surface area contributed by atoms with Crippen molar-refractivity contribution < 1.29 is 4.79 Å². The Morgan fingerprint density at radius 3 is 2.38 bits per heavy atom. The van der Waals surface area contributed by atoms with Crippen molar-refractivity contribution in [2.24, 2.45) is 0 Å². The Morgan fingerprint density at radius 1 is 1.19 bits per heavy atom. The summed E-state index contributed by atoms with van der Waals surface area (Å²) in [6.45, 7) is 11.2. The van der Waals surface area contributed by atoms with E-state index in [1.807, 2.05) is 35.2 Å². The molecular weight excluding hydrogens is 262 g/mol. The van der Waals surface area contributed by atoms with Crippen LogP contribution in [0.5, 0.6) is 0 Å². The molecule has 1 saturated heterocycles. The molecule has 1 fully saturated rings. The van der Waals surface area contributed by atoms with Gasteiger partial charge < -0.3 is 4.90 Å². The molecule has 1 heterocycles. The smallest absolute Gasteiger partial charge is 0.245 e. The minimum Gasteiger partial charge on any atom is -0.327 e. The average molecular weight is 289 g/mol. The monoisotopic (exact) mass is 289 g/mol. The number of hydrogen-bond acceptors (Lipinski definition) is 3. The molecule has 0 aromatic heterocycles. The second-order valence-corrected chi connectivity index (χ2v) is 6.23. The second-order valence-electron chi connectivity index (χ2n) is 6.23. The van der Waals surface area contributed by atoms with Gasteiger partial charge in [-0.2, -0.15) is 0 Å². The zero-order valence-corrected chi connectivity index (χ0v) is 13.5. The standard InChI is InChI=1S/C17H27N3O/c1-13(2)20(14(3)4)11-10-19-12-18-16(17(19)21)15-8-6-5-7-9-15/h5-9,13-14,16,18H,10-12H2,1-4H3. The molecule has 1 aromatic rings. The molecule has 1 aromatic carbocycles. The molecule has 1 N–H and O–H groups in total. The van der Waals surface area contributed by atoms with E-state index in [1.54, 1.807) is 0 Å². The maximum atomic E-state index is 12.5. The largest absolute Gasteiger partial charge is 0.327 e. The van der Waals surface area contributed by atoms with Gasteiger partial charge in [0.25, 0.3) is 0 Å². The van der Waals surface area contributed by atoms with E-state index in [0.717, 1.165) is 18.7 Å². The number of carbonyl (C=O) groups is 1. The van der Waals surface area contributed by atoms with E-state index in [4.69, 9.17) is 0 Å². The van der Waals surface area contributed by atoms with Gasteiger partial charge in [-0.15, -0.1) is 0 Å². The Balaban J connectivity index is 1.93. The Hall–Kier alpha value is -1.39. The van der Waals surface area contributed by atoms with E-state index < -0.39 is 0 Å². The normalized spacial score (nSPS) is 19.3. The number of nitrogens with zero attached hydrogens (tertiary/aromatic N) is 2. The van der Waals surface area contributed by atoms with Gasteiger partial charge in [0.2, 0.25) is 5.91 Å². The molecule has 0 bridgehead atoms. The number of amides is 1. The lowest BCUT2D eigenvalue weighted by atomic mass is 10.1. The summed E-state index contributed by atoms with van der Waals surface area (Å²) in [6.07, 6.45) is 0. The van der Waals surface area contributed by atoms with Crippen molar-refractivity contribution in [1.82, 2.24) is 15.1 Å². The fourth-order valence-electron chi connectivity index (χ4n) is 2.99. The Kier molecular flexibility index (Phi) is 5.37. The van der Waals surface area contributed by atoms with Crippen molar-refractivity contribution >= 4 is 5.91 Å². The van der Waals surface area contributed by atoms with Crippen LogP contribution in [-0.2, 0) is 4.79 Å². The summed E-state index contributed by atoms with van der Waals surface area (Å²) in [7, 11) is 0. The molecule has 4 heteroatoms. The fourth-order valence-corrected chi connectivity index (χ4v) is 2.99. The lowest BCUT2D eigenvalue weighted by Crippen LogP contribution is -2.43. The average Bonchev–Trinajstić information content (AvgIpc) is 2.81. The van der Waals surface area contributed by atoms with Gasteiger partial charge in [0.1, 0.15) is 6.04 Å². The minimum absolute atomic E-state index is 0.183. The molecular formula is C17H27N3O. The van der Waals surface area contributed by atoms with Gasteiger partial charge >= 0.3 is 0 Å². The zero-order valence-electron chi connectivity index (χ0n) is 13.5. The van der Waals surface area contributed by atoms with Crippen LogP contribution in [0.1, 0.15) is 39.3 Å². The molecule has 116 valence electrons. The van der Waals surface area contributed by atoms with Crippen LogP contribution in [0.25, 0.3) is 0 Å². The zero-order chi connectivity index (χ0) is 15.4. The van der Waals surface area contributed by atoms with Crippen LogP contribution in [0.3, 0.4) is 0 Å². The predicted octanol–water partition coefficient (Wildman–Crippen LogP) is 2.24. The summed E-state index contributed by atoms with van der Waals surface area (Å²) in [6, 6.07) is 10.8. The van der Waals surface area contributed by atoms with Gasteiger partial charge in [0, 0.05) is 25.2 Å². The first-order chi connectivity index (χ1) is 10.0. The highest BCUT2D eigenvalue weighted by atomic mass is 16.2. The Bertz CT molecular complexity index is 450. The van der Waals surface area contributed by atoms with Crippen LogP contribution in [0.2, 0.25) is 0 Å². The lowest BCUT2D eigenvalue weighted by molar-refractivity contribution is -0.129. The number of benzene rings is 1.